The van der Waals surface area contributed by atoms with E-state index in [4.69, 9.17) is 5.26 Å². The molecule has 1 amide bonds. The van der Waals surface area contributed by atoms with Gasteiger partial charge in [0.05, 0.1) is 23.4 Å². The molecule has 24 heavy (non-hydrogen) atoms. The van der Waals surface area contributed by atoms with E-state index in [1.807, 2.05) is 31.2 Å². The molecule has 1 N–H and O–H groups in total. The molecule has 118 valence electrons. The normalized spacial score (nSPS) is 11.5. The van der Waals surface area contributed by atoms with Crippen LogP contribution in [-0.4, -0.2) is 20.7 Å². The lowest BCUT2D eigenvalue weighted by Crippen LogP contribution is -2.26. The topological polar surface area (TPSA) is 83.6 Å². The van der Waals surface area contributed by atoms with Gasteiger partial charge in [-0.05, 0) is 48.9 Å². The van der Waals surface area contributed by atoms with Gasteiger partial charge in [0.1, 0.15) is 12.7 Å². The Kier molecular flexibility index (Phi) is 4.34. The minimum absolute atomic E-state index is 0.153. The van der Waals surface area contributed by atoms with Crippen LogP contribution in [0.1, 0.15) is 34.5 Å². The average molecular weight is 317 g/mol. The van der Waals surface area contributed by atoms with Crippen molar-refractivity contribution >= 4 is 5.91 Å². The molecule has 1 heterocycles. The van der Waals surface area contributed by atoms with Crippen molar-refractivity contribution in [3.63, 3.8) is 0 Å². The molecule has 1 aromatic heterocycles. The number of hydrogen-bond donors (Lipinski definition) is 1. The summed E-state index contributed by atoms with van der Waals surface area (Å²) in [5.41, 5.74) is 2.95. The molecule has 1 unspecified atom stereocenters. The summed E-state index contributed by atoms with van der Waals surface area (Å²) in [5.74, 6) is -0.156. The highest BCUT2D eigenvalue weighted by atomic mass is 16.1. The van der Waals surface area contributed by atoms with E-state index in [0.29, 0.717) is 11.1 Å². The van der Waals surface area contributed by atoms with Crippen molar-refractivity contribution in [2.75, 3.05) is 0 Å². The van der Waals surface area contributed by atoms with Crippen LogP contribution >= 0.6 is 0 Å². The maximum absolute atomic E-state index is 12.4. The van der Waals surface area contributed by atoms with Gasteiger partial charge in [0.15, 0.2) is 0 Å². The SMILES string of the molecule is CC(NC(=O)c1ccc(-n2cncn2)cc1)c1ccc(C#N)cc1. The van der Waals surface area contributed by atoms with Crippen LogP contribution < -0.4 is 5.32 Å². The Morgan fingerprint density at radius 3 is 2.46 bits per heavy atom. The molecule has 0 saturated carbocycles. The van der Waals surface area contributed by atoms with Crippen molar-refractivity contribution < 1.29 is 4.79 Å². The van der Waals surface area contributed by atoms with E-state index in [1.165, 1.54) is 6.33 Å². The van der Waals surface area contributed by atoms with E-state index in [-0.39, 0.29) is 11.9 Å². The van der Waals surface area contributed by atoms with Gasteiger partial charge in [-0.15, -0.1) is 0 Å². The highest BCUT2D eigenvalue weighted by Gasteiger charge is 2.11. The lowest BCUT2D eigenvalue weighted by atomic mass is 10.1. The standard InChI is InChI=1S/C18H15N5O/c1-13(15-4-2-14(10-19)3-5-15)22-18(24)16-6-8-17(9-7-16)23-12-20-11-21-23/h2-9,11-13H,1H3,(H,22,24). The van der Waals surface area contributed by atoms with E-state index < -0.39 is 0 Å². The van der Waals surface area contributed by atoms with Gasteiger partial charge in [-0.2, -0.15) is 10.4 Å². The van der Waals surface area contributed by atoms with Crippen LogP contribution in [0.25, 0.3) is 5.69 Å². The first kappa shape index (κ1) is 15.4. The number of hydrogen-bond acceptors (Lipinski definition) is 4. The minimum Gasteiger partial charge on any atom is -0.346 e. The monoisotopic (exact) mass is 317 g/mol. The molecule has 0 bridgehead atoms. The molecule has 2 aromatic carbocycles. The molecule has 1 atom stereocenters. The smallest absolute Gasteiger partial charge is 0.251 e. The summed E-state index contributed by atoms with van der Waals surface area (Å²) in [6, 6.07) is 16.2. The molecular weight excluding hydrogens is 302 g/mol. The average Bonchev–Trinajstić information content (AvgIpc) is 3.16. The zero-order valence-corrected chi connectivity index (χ0v) is 13.0. The predicted molar refractivity (Wildman–Crippen MR) is 88.4 cm³/mol. The van der Waals surface area contributed by atoms with E-state index in [9.17, 15) is 4.79 Å². The second-order valence-electron chi connectivity index (χ2n) is 5.32. The van der Waals surface area contributed by atoms with Gasteiger partial charge in [-0.25, -0.2) is 9.67 Å². The molecule has 0 radical (unpaired) electrons. The second kappa shape index (κ2) is 6.75. The fourth-order valence-corrected chi connectivity index (χ4v) is 2.32. The summed E-state index contributed by atoms with van der Waals surface area (Å²) < 4.78 is 1.63. The number of nitrogens with zero attached hydrogens (tertiary/aromatic N) is 4. The van der Waals surface area contributed by atoms with E-state index in [2.05, 4.69) is 21.5 Å². The first-order valence-electron chi connectivity index (χ1n) is 7.43. The molecule has 0 aliphatic heterocycles. The molecule has 0 fully saturated rings. The molecule has 6 nitrogen and oxygen atoms in total. The van der Waals surface area contributed by atoms with Crippen molar-refractivity contribution in [3.8, 4) is 11.8 Å². The van der Waals surface area contributed by atoms with Gasteiger partial charge in [-0.3, -0.25) is 4.79 Å². The Hall–Kier alpha value is -3.46. The molecule has 0 saturated heterocycles. The van der Waals surface area contributed by atoms with E-state index in [1.54, 1.807) is 35.3 Å². The summed E-state index contributed by atoms with van der Waals surface area (Å²) in [7, 11) is 0. The first-order valence-corrected chi connectivity index (χ1v) is 7.43. The molecule has 0 spiro atoms. The highest BCUT2D eigenvalue weighted by molar-refractivity contribution is 5.94. The van der Waals surface area contributed by atoms with Gasteiger partial charge < -0.3 is 5.32 Å². The van der Waals surface area contributed by atoms with Gasteiger partial charge in [-0.1, -0.05) is 12.1 Å². The van der Waals surface area contributed by atoms with E-state index in [0.717, 1.165) is 11.3 Å². The highest BCUT2D eigenvalue weighted by Crippen LogP contribution is 2.15. The zero-order chi connectivity index (χ0) is 16.9. The van der Waals surface area contributed by atoms with Crippen LogP contribution in [0.2, 0.25) is 0 Å². The predicted octanol–water partition coefficient (Wildman–Crippen LogP) is 2.63. The number of aromatic nitrogens is 3. The number of carbonyl (C=O) groups is 1. The summed E-state index contributed by atoms with van der Waals surface area (Å²) in [6.45, 7) is 1.91. The van der Waals surface area contributed by atoms with Crippen LogP contribution in [0, 0.1) is 11.3 Å². The van der Waals surface area contributed by atoms with Crippen LogP contribution in [0.5, 0.6) is 0 Å². The van der Waals surface area contributed by atoms with Gasteiger partial charge in [0.2, 0.25) is 0 Å². The van der Waals surface area contributed by atoms with Crippen molar-refractivity contribution in [1.82, 2.24) is 20.1 Å². The molecule has 3 rings (SSSR count). The number of rotatable bonds is 4. The van der Waals surface area contributed by atoms with Crippen LogP contribution in [0.3, 0.4) is 0 Å². The largest absolute Gasteiger partial charge is 0.346 e. The van der Waals surface area contributed by atoms with Crippen LogP contribution in [-0.2, 0) is 0 Å². The van der Waals surface area contributed by atoms with Crippen LogP contribution in [0.4, 0.5) is 0 Å². The number of carbonyl (C=O) groups excluding carboxylic acids is 1. The van der Waals surface area contributed by atoms with Crippen LogP contribution in [0.15, 0.2) is 61.2 Å². The number of nitriles is 1. The molecular formula is C18H15N5O. The lowest BCUT2D eigenvalue weighted by molar-refractivity contribution is 0.0940. The minimum atomic E-state index is -0.156. The third-order valence-electron chi connectivity index (χ3n) is 3.70. The van der Waals surface area contributed by atoms with Gasteiger partial charge >= 0.3 is 0 Å². The third-order valence-corrected chi connectivity index (χ3v) is 3.70. The summed E-state index contributed by atoms with van der Waals surface area (Å²) in [5, 5.41) is 15.8. The van der Waals surface area contributed by atoms with Crippen molar-refractivity contribution in [1.29, 1.82) is 5.26 Å². The fraction of sp³-hybridized carbons (Fsp3) is 0.111. The Morgan fingerprint density at radius 1 is 1.17 bits per heavy atom. The Morgan fingerprint density at radius 2 is 1.88 bits per heavy atom. The molecule has 0 aliphatic carbocycles. The van der Waals surface area contributed by atoms with E-state index >= 15 is 0 Å². The quantitative estimate of drug-likeness (QED) is 0.801. The second-order valence-corrected chi connectivity index (χ2v) is 5.32. The maximum Gasteiger partial charge on any atom is 0.251 e. The number of nitrogens with one attached hydrogen (secondary N) is 1. The summed E-state index contributed by atoms with van der Waals surface area (Å²) in [6.07, 6.45) is 3.06. The Labute approximate surface area is 139 Å². The molecule has 3 aromatic rings. The van der Waals surface area contributed by atoms with Gasteiger partial charge in [0, 0.05) is 5.56 Å². The fourth-order valence-electron chi connectivity index (χ4n) is 2.32. The Balaban J connectivity index is 1.68. The first-order chi connectivity index (χ1) is 11.7. The summed E-state index contributed by atoms with van der Waals surface area (Å²) >= 11 is 0. The number of amides is 1. The summed E-state index contributed by atoms with van der Waals surface area (Å²) in [4.78, 5) is 16.2. The van der Waals surface area contributed by atoms with Crippen molar-refractivity contribution in [3.05, 3.63) is 77.9 Å². The molecule has 6 heteroatoms. The zero-order valence-electron chi connectivity index (χ0n) is 13.0. The third kappa shape index (κ3) is 3.31. The lowest BCUT2D eigenvalue weighted by Gasteiger charge is -2.14. The van der Waals surface area contributed by atoms with Gasteiger partial charge in [0.25, 0.3) is 5.91 Å². The Bertz CT molecular complexity index is 861. The molecule has 0 aliphatic rings. The maximum atomic E-state index is 12.4. The number of benzene rings is 2. The van der Waals surface area contributed by atoms with Crippen molar-refractivity contribution in [2.45, 2.75) is 13.0 Å². The van der Waals surface area contributed by atoms with Crippen molar-refractivity contribution in [2.24, 2.45) is 0 Å².